The number of benzene rings is 1. The van der Waals surface area contributed by atoms with E-state index < -0.39 is 0 Å². The molecule has 0 bridgehead atoms. The van der Waals surface area contributed by atoms with Crippen molar-refractivity contribution in [1.29, 1.82) is 0 Å². The van der Waals surface area contributed by atoms with E-state index in [1.807, 2.05) is 12.1 Å². The second-order valence-corrected chi connectivity index (χ2v) is 5.06. The van der Waals surface area contributed by atoms with Gasteiger partial charge >= 0.3 is 0 Å². The van der Waals surface area contributed by atoms with Crippen LogP contribution in [-0.4, -0.2) is 25.6 Å². The van der Waals surface area contributed by atoms with Crippen LogP contribution < -0.4 is 0 Å². The summed E-state index contributed by atoms with van der Waals surface area (Å²) < 4.78 is 11.0. The Kier molecular flexibility index (Phi) is 5.96. The molecular formula is C17H22O3. The minimum absolute atomic E-state index is 0.0648. The molecule has 1 aliphatic heterocycles. The van der Waals surface area contributed by atoms with E-state index in [1.54, 1.807) is 0 Å². The van der Waals surface area contributed by atoms with Crippen molar-refractivity contribution in [2.45, 2.75) is 38.4 Å². The van der Waals surface area contributed by atoms with E-state index in [2.05, 4.69) is 31.2 Å². The fraction of sp³-hybridized carbons (Fsp3) is 0.471. The molecule has 0 radical (unpaired) electrons. The Labute approximate surface area is 120 Å². The van der Waals surface area contributed by atoms with Gasteiger partial charge in [-0.05, 0) is 30.9 Å². The molecule has 2 atom stereocenters. The molecule has 0 aliphatic carbocycles. The number of allylic oxidation sites excluding steroid dienone is 1. The molecule has 20 heavy (non-hydrogen) atoms. The lowest BCUT2D eigenvalue weighted by Gasteiger charge is -2.15. The molecule has 3 heteroatoms. The molecular weight excluding hydrogens is 252 g/mol. The second kappa shape index (κ2) is 7.98. The highest BCUT2D eigenvalue weighted by atomic mass is 16.6. The SMILES string of the molecule is C[C@@H](OC[C@H]1CO1)c1ccccc1/C=C/CCCC=O. The van der Waals surface area contributed by atoms with Crippen molar-refractivity contribution in [2.75, 3.05) is 13.2 Å². The zero-order chi connectivity index (χ0) is 14.2. The Morgan fingerprint density at radius 1 is 1.40 bits per heavy atom. The number of aldehydes is 1. The Hall–Kier alpha value is -1.45. The van der Waals surface area contributed by atoms with Crippen molar-refractivity contribution < 1.29 is 14.3 Å². The average Bonchev–Trinajstić information content (AvgIpc) is 3.29. The minimum atomic E-state index is 0.0648. The van der Waals surface area contributed by atoms with Crippen molar-refractivity contribution in [2.24, 2.45) is 0 Å². The topological polar surface area (TPSA) is 38.8 Å². The monoisotopic (exact) mass is 274 g/mol. The highest BCUT2D eigenvalue weighted by molar-refractivity contribution is 5.54. The molecule has 1 fully saturated rings. The lowest BCUT2D eigenvalue weighted by atomic mass is 10.0. The summed E-state index contributed by atoms with van der Waals surface area (Å²) in [5.41, 5.74) is 2.38. The number of unbranched alkanes of at least 4 members (excludes halogenated alkanes) is 2. The summed E-state index contributed by atoms with van der Waals surface area (Å²) in [5, 5.41) is 0. The van der Waals surface area contributed by atoms with Gasteiger partial charge in [0.25, 0.3) is 0 Å². The van der Waals surface area contributed by atoms with Crippen LogP contribution in [0.15, 0.2) is 30.3 Å². The lowest BCUT2D eigenvalue weighted by molar-refractivity contribution is -0.107. The summed E-state index contributed by atoms with van der Waals surface area (Å²) in [5.74, 6) is 0. The van der Waals surface area contributed by atoms with Crippen LogP contribution in [-0.2, 0) is 14.3 Å². The molecule has 3 nitrogen and oxygen atoms in total. The van der Waals surface area contributed by atoms with Crippen molar-refractivity contribution in [3.63, 3.8) is 0 Å². The molecule has 0 spiro atoms. The van der Waals surface area contributed by atoms with Gasteiger partial charge in [-0.2, -0.15) is 0 Å². The van der Waals surface area contributed by atoms with Gasteiger partial charge in [0.05, 0.1) is 19.3 Å². The molecule has 2 rings (SSSR count). The Morgan fingerprint density at radius 2 is 2.20 bits per heavy atom. The highest BCUT2D eigenvalue weighted by Crippen LogP contribution is 2.24. The smallest absolute Gasteiger partial charge is 0.120 e. The first-order valence-electron chi connectivity index (χ1n) is 7.23. The summed E-state index contributed by atoms with van der Waals surface area (Å²) in [6.45, 7) is 3.56. The molecule has 1 aliphatic rings. The molecule has 108 valence electrons. The molecule has 0 N–H and O–H groups in total. The standard InChI is InChI=1S/C17H22O3/c1-14(19-12-16-13-20-16)17-10-6-5-9-15(17)8-4-2-3-7-11-18/h4-6,8-11,14,16H,2-3,7,12-13H2,1H3/b8-4+/t14-,16+/m1/s1. The third-order valence-corrected chi connectivity index (χ3v) is 3.36. The predicted octanol–water partition coefficient (Wildman–Crippen LogP) is 3.55. The first-order valence-corrected chi connectivity index (χ1v) is 7.23. The molecule has 0 unspecified atom stereocenters. The summed E-state index contributed by atoms with van der Waals surface area (Å²) in [4.78, 5) is 10.3. The van der Waals surface area contributed by atoms with E-state index in [0.717, 1.165) is 25.7 Å². The number of carbonyl (C=O) groups is 1. The van der Waals surface area contributed by atoms with Crippen molar-refractivity contribution in [3.05, 3.63) is 41.5 Å². The van der Waals surface area contributed by atoms with Gasteiger partial charge < -0.3 is 14.3 Å². The Morgan fingerprint density at radius 3 is 2.95 bits per heavy atom. The summed E-state index contributed by atoms with van der Waals surface area (Å²) in [6, 6.07) is 8.26. The van der Waals surface area contributed by atoms with Gasteiger partial charge in [-0.3, -0.25) is 0 Å². The average molecular weight is 274 g/mol. The van der Waals surface area contributed by atoms with Gasteiger partial charge in [-0.1, -0.05) is 36.4 Å². The lowest BCUT2D eigenvalue weighted by Crippen LogP contribution is -2.07. The maximum atomic E-state index is 10.3. The van der Waals surface area contributed by atoms with Gasteiger partial charge in [0.2, 0.25) is 0 Å². The normalized spacial score (nSPS) is 19.1. The molecule has 1 aromatic carbocycles. The second-order valence-electron chi connectivity index (χ2n) is 5.06. The van der Waals surface area contributed by atoms with Crippen molar-refractivity contribution in [3.8, 4) is 0 Å². The van der Waals surface area contributed by atoms with E-state index >= 15 is 0 Å². The molecule has 1 saturated heterocycles. The molecule has 0 aromatic heterocycles. The van der Waals surface area contributed by atoms with Crippen LogP contribution in [0, 0.1) is 0 Å². The van der Waals surface area contributed by atoms with E-state index in [0.29, 0.717) is 19.1 Å². The van der Waals surface area contributed by atoms with Crippen LogP contribution >= 0.6 is 0 Å². The minimum Gasteiger partial charge on any atom is -0.371 e. The summed E-state index contributed by atoms with van der Waals surface area (Å²) >= 11 is 0. The Bertz CT molecular complexity index is 449. The number of ether oxygens (including phenoxy) is 2. The summed E-state index contributed by atoms with van der Waals surface area (Å²) in [6.07, 6.45) is 8.04. The fourth-order valence-electron chi connectivity index (χ4n) is 2.07. The van der Waals surface area contributed by atoms with E-state index in [4.69, 9.17) is 9.47 Å². The number of epoxide rings is 1. The van der Waals surface area contributed by atoms with Crippen LogP contribution in [0.4, 0.5) is 0 Å². The zero-order valence-corrected chi connectivity index (χ0v) is 12.0. The van der Waals surface area contributed by atoms with Crippen molar-refractivity contribution >= 4 is 12.4 Å². The van der Waals surface area contributed by atoms with Gasteiger partial charge in [0.15, 0.2) is 0 Å². The number of carbonyl (C=O) groups excluding carboxylic acids is 1. The van der Waals surface area contributed by atoms with Crippen LogP contribution in [0.1, 0.15) is 43.4 Å². The van der Waals surface area contributed by atoms with Crippen LogP contribution in [0.5, 0.6) is 0 Å². The van der Waals surface area contributed by atoms with Gasteiger partial charge in [0.1, 0.15) is 12.4 Å². The maximum absolute atomic E-state index is 10.3. The third kappa shape index (κ3) is 4.91. The van der Waals surface area contributed by atoms with Crippen LogP contribution in [0.25, 0.3) is 6.08 Å². The van der Waals surface area contributed by atoms with Crippen LogP contribution in [0.3, 0.4) is 0 Å². The van der Waals surface area contributed by atoms with E-state index in [9.17, 15) is 4.79 Å². The first-order chi connectivity index (χ1) is 9.81. The number of rotatable bonds is 9. The zero-order valence-electron chi connectivity index (χ0n) is 12.0. The number of hydrogen-bond acceptors (Lipinski definition) is 3. The molecule has 0 amide bonds. The van der Waals surface area contributed by atoms with Crippen molar-refractivity contribution in [1.82, 2.24) is 0 Å². The third-order valence-electron chi connectivity index (χ3n) is 3.36. The van der Waals surface area contributed by atoms with E-state index in [1.165, 1.54) is 11.1 Å². The predicted molar refractivity (Wildman–Crippen MR) is 79.5 cm³/mol. The van der Waals surface area contributed by atoms with Gasteiger partial charge in [-0.15, -0.1) is 0 Å². The maximum Gasteiger partial charge on any atom is 0.120 e. The van der Waals surface area contributed by atoms with Crippen LogP contribution in [0.2, 0.25) is 0 Å². The summed E-state index contributed by atoms with van der Waals surface area (Å²) in [7, 11) is 0. The molecule has 1 aromatic rings. The Balaban J connectivity index is 1.91. The van der Waals surface area contributed by atoms with Gasteiger partial charge in [0, 0.05) is 6.42 Å². The number of hydrogen-bond donors (Lipinski definition) is 0. The van der Waals surface area contributed by atoms with Gasteiger partial charge in [-0.25, -0.2) is 0 Å². The molecule has 1 heterocycles. The van der Waals surface area contributed by atoms with E-state index in [-0.39, 0.29) is 6.10 Å². The quantitative estimate of drug-likeness (QED) is 0.393. The molecule has 0 saturated carbocycles. The largest absolute Gasteiger partial charge is 0.371 e. The first kappa shape index (κ1) is 14.9. The highest BCUT2D eigenvalue weighted by Gasteiger charge is 2.23. The fourth-order valence-corrected chi connectivity index (χ4v) is 2.07.